The molecule has 82 valence electrons. The first-order valence-electron chi connectivity index (χ1n) is 5.08. The first-order chi connectivity index (χ1) is 7.20. The molecule has 0 saturated carbocycles. The molecule has 0 aliphatic heterocycles. The van der Waals surface area contributed by atoms with E-state index in [2.05, 4.69) is 12.1 Å². The van der Waals surface area contributed by atoms with E-state index in [1.807, 2.05) is 18.2 Å². The van der Waals surface area contributed by atoms with Gasteiger partial charge < -0.3 is 9.84 Å². The maximum atomic E-state index is 10.4. The van der Waals surface area contributed by atoms with Crippen LogP contribution in [0.3, 0.4) is 0 Å². The molecule has 1 rings (SSSR count). The number of aryl methyl sites for hydroxylation is 1. The van der Waals surface area contributed by atoms with Gasteiger partial charge in [-0.25, -0.2) is 4.79 Å². The van der Waals surface area contributed by atoms with E-state index in [1.165, 1.54) is 5.56 Å². The molecule has 0 spiro atoms. The highest BCUT2D eigenvalue weighted by Gasteiger charge is 2.09. The number of carboxylic acids is 1. The van der Waals surface area contributed by atoms with Crippen LogP contribution in [0.1, 0.15) is 18.9 Å². The van der Waals surface area contributed by atoms with Crippen molar-refractivity contribution in [1.29, 1.82) is 0 Å². The highest BCUT2D eigenvalue weighted by Crippen LogP contribution is 2.03. The molecule has 0 fully saturated rings. The zero-order valence-electron chi connectivity index (χ0n) is 8.85. The van der Waals surface area contributed by atoms with Crippen LogP contribution in [0.15, 0.2) is 30.3 Å². The minimum atomic E-state index is -0.908. The van der Waals surface area contributed by atoms with Crippen LogP contribution in [0.5, 0.6) is 0 Å². The molecule has 1 aromatic rings. The topological polar surface area (TPSA) is 46.5 Å². The van der Waals surface area contributed by atoms with Gasteiger partial charge in [0.2, 0.25) is 0 Å². The fourth-order valence-electron chi connectivity index (χ4n) is 1.25. The van der Waals surface area contributed by atoms with Crippen LogP contribution in [0.2, 0.25) is 0 Å². The van der Waals surface area contributed by atoms with E-state index in [0.29, 0.717) is 6.61 Å². The SMILES string of the molecule is CC(OCCCc1ccccc1)C(=O)O. The number of hydrogen-bond donors (Lipinski definition) is 1. The fourth-order valence-corrected chi connectivity index (χ4v) is 1.25. The van der Waals surface area contributed by atoms with Gasteiger partial charge in [0.15, 0.2) is 6.10 Å². The molecule has 1 N–H and O–H groups in total. The predicted octanol–water partition coefficient (Wildman–Crippen LogP) is 2.11. The Kier molecular flexibility index (Phi) is 4.84. The van der Waals surface area contributed by atoms with Crippen molar-refractivity contribution in [1.82, 2.24) is 0 Å². The van der Waals surface area contributed by atoms with Gasteiger partial charge in [-0.05, 0) is 25.3 Å². The van der Waals surface area contributed by atoms with Crippen LogP contribution in [0.25, 0.3) is 0 Å². The molecule has 0 radical (unpaired) electrons. The Morgan fingerprint density at radius 2 is 2.07 bits per heavy atom. The van der Waals surface area contributed by atoms with Crippen molar-refractivity contribution < 1.29 is 14.6 Å². The maximum absolute atomic E-state index is 10.4. The average Bonchev–Trinajstić information content (AvgIpc) is 2.25. The number of rotatable bonds is 6. The summed E-state index contributed by atoms with van der Waals surface area (Å²) in [6.45, 7) is 2.03. The van der Waals surface area contributed by atoms with Crippen molar-refractivity contribution in [3.8, 4) is 0 Å². The van der Waals surface area contributed by atoms with E-state index in [4.69, 9.17) is 9.84 Å². The summed E-state index contributed by atoms with van der Waals surface area (Å²) in [5.74, 6) is -0.908. The lowest BCUT2D eigenvalue weighted by Gasteiger charge is -2.07. The second kappa shape index (κ2) is 6.19. The van der Waals surface area contributed by atoms with Crippen LogP contribution in [0.4, 0.5) is 0 Å². The lowest BCUT2D eigenvalue weighted by molar-refractivity contribution is -0.149. The van der Waals surface area contributed by atoms with Crippen LogP contribution in [0, 0.1) is 0 Å². The van der Waals surface area contributed by atoms with E-state index in [1.54, 1.807) is 6.92 Å². The number of carbonyl (C=O) groups is 1. The second-order valence-corrected chi connectivity index (χ2v) is 3.44. The summed E-state index contributed by atoms with van der Waals surface area (Å²) in [5, 5.41) is 8.57. The quantitative estimate of drug-likeness (QED) is 0.728. The molecular weight excluding hydrogens is 192 g/mol. The third-order valence-corrected chi connectivity index (χ3v) is 2.17. The monoisotopic (exact) mass is 208 g/mol. The van der Waals surface area contributed by atoms with Crippen LogP contribution < -0.4 is 0 Å². The minimum Gasteiger partial charge on any atom is -0.479 e. The third kappa shape index (κ3) is 4.61. The molecule has 1 unspecified atom stereocenters. The molecule has 0 aliphatic rings. The summed E-state index contributed by atoms with van der Waals surface area (Å²) in [6, 6.07) is 10.1. The Bertz CT molecular complexity index is 295. The summed E-state index contributed by atoms with van der Waals surface area (Å²) < 4.78 is 5.13. The Hall–Kier alpha value is -1.35. The Labute approximate surface area is 89.7 Å². The van der Waals surface area contributed by atoms with Crippen molar-refractivity contribution in [2.75, 3.05) is 6.61 Å². The Morgan fingerprint density at radius 3 is 2.67 bits per heavy atom. The van der Waals surface area contributed by atoms with Crippen LogP contribution in [-0.2, 0) is 16.0 Å². The van der Waals surface area contributed by atoms with Crippen molar-refractivity contribution in [2.45, 2.75) is 25.9 Å². The number of hydrogen-bond acceptors (Lipinski definition) is 2. The molecule has 0 heterocycles. The smallest absolute Gasteiger partial charge is 0.332 e. The Balaban J connectivity index is 2.15. The standard InChI is InChI=1S/C12H16O3/c1-10(12(13)14)15-9-5-8-11-6-3-2-4-7-11/h2-4,6-7,10H,5,8-9H2,1H3,(H,13,14). The first kappa shape index (κ1) is 11.7. The van der Waals surface area contributed by atoms with Crippen LogP contribution in [-0.4, -0.2) is 23.8 Å². The van der Waals surface area contributed by atoms with Gasteiger partial charge in [-0.15, -0.1) is 0 Å². The van der Waals surface area contributed by atoms with Gasteiger partial charge in [-0.2, -0.15) is 0 Å². The molecule has 0 saturated heterocycles. The number of ether oxygens (including phenoxy) is 1. The molecule has 0 aliphatic carbocycles. The lowest BCUT2D eigenvalue weighted by atomic mass is 10.1. The van der Waals surface area contributed by atoms with Gasteiger partial charge in [-0.1, -0.05) is 30.3 Å². The third-order valence-electron chi connectivity index (χ3n) is 2.17. The summed E-state index contributed by atoms with van der Waals surface area (Å²) in [5.41, 5.74) is 1.25. The number of carboxylic acid groups (broad SMARTS) is 1. The van der Waals surface area contributed by atoms with E-state index in [9.17, 15) is 4.79 Å². The zero-order valence-corrected chi connectivity index (χ0v) is 8.85. The van der Waals surface area contributed by atoms with Gasteiger partial charge in [-0.3, -0.25) is 0 Å². The highest BCUT2D eigenvalue weighted by atomic mass is 16.5. The maximum Gasteiger partial charge on any atom is 0.332 e. The fraction of sp³-hybridized carbons (Fsp3) is 0.417. The average molecular weight is 208 g/mol. The van der Waals surface area contributed by atoms with Crippen molar-refractivity contribution >= 4 is 5.97 Å². The molecule has 1 atom stereocenters. The van der Waals surface area contributed by atoms with Crippen molar-refractivity contribution in [3.05, 3.63) is 35.9 Å². The summed E-state index contributed by atoms with van der Waals surface area (Å²) >= 11 is 0. The molecule has 1 aromatic carbocycles. The highest BCUT2D eigenvalue weighted by molar-refractivity contribution is 5.71. The van der Waals surface area contributed by atoms with Gasteiger partial charge in [0.25, 0.3) is 0 Å². The normalized spacial score (nSPS) is 12.3. The minimum absolute atomic E-state index is 0.488. The van der Waals surface area contributed by atoms with Gasteiger partial charge in [0, 0.05) is 6.61 Å². The number of benzene rings is 1. The molecule has 3 nitrogen and oxygen atoms in total. The summed E-state index contributed by atoms with van der Waals surface area (Å²) in [4.78, 5) is 10.4. The first-order valence-corrected chi connectivity index (χ1v) is 5.08. The second-order valence-electron chi connectivity index (χ2n) is 3.44. The van der Waals surface area contributed by atoms with Crippen molar-refractivity contribution in [2.24, 2.45) is 0 Å². The molecule has 0 bridgehead atoms. The van der Waals surface area contributed by atoms with Gasteiger partial charge >= 0.3 is 5.97 Å². The van der Waals surface area contributed by atoms with Gasteiger partial charge in [0.1, 0.15) is 0 Å². The molecule has 3 heteroatoms. The molecule has 0 aromatic heterocycles. The van der Waals surface area contributed by atoms with Gasteiger partial charge in [0.05, 0.1) is 0 Å². The van der Waals surface area contributed by atoms with E-state index in [0.717, 1.165) is 12.8 Å². The molecule has 0 amide bonds. The van der Waals surface area contributed by atoms with Crippen molar-refractivity contribution in [3.63, 3.8) is 0 Å². The molecular formula is C12H16O3. The molecule has 15 heavy (non-hydrogen) atoms. The van der Waals surface area contributed by atoms with E-state index in [-0.39, 0.29) is 0 Å². The predicted molar refractivity (Wildman–Crippen MR) is 57.8 cm³/mol. The Morgan fingerprint density at radius 1 is 1.40 bits per heavy atom. The summed E-state index contributed by atoms with van der Waals surface area (Å²) in [7, 11) is 0. The summed E-state index contributed by atoms with van der Waals surface area (Å²) in [6.07, 6.45) is 1.07. The largest absolute Gasteiger partial charge is 0.479 e. The van der Waals surface area contributed by atoms with E-state index >= 15 is 0 Å². The van der Waals surface area contributed by atoms with E-state index < -0.39 is 12.1 Å². The lowest BCUT2D eigenvalue weighted by Crippen LogP contribution is -2.20. The zero-order chi connectivity index (χ0) is 11.1. The van der Waals surface area contributed by atoms with Crippen LogP contribution >= 0.6 is 0 Å². The number of aliphatic carboxylic acids is 1.